The van der Waals surface area contributed by atoms with Crippen LogP contribution in [0.5, 0.6) is 11.5 Å². The Kier molecular flexibility index (Phi) is 15.1. The lowest BCUT2D eigenvalue weighted by molar-refractivity contribution is 0.0696. The van der Waals surface area contributed by atoms with Gasteiger partial charge < -0.3 is 20.1 Å². The molecule has 0 aliphatic heterocycles. The lowest BCUT2D eigenvalue weighted by Crippen LogP contribution is -2.30. The third-order valence-electron chi connectivity index (χ3n) is 3.57. The van der Waals surface area contributed by atoms with Crippen molar-refractivity contribution < 1.29 is 31.1 Å². The summed E-state index contributed by atoms with van der Waals surface area (Å²) in [6, 6.07) is 12.7. The van der Waals surface area contributed by atoms with Crippen molar-refractivity contribution >= 4 is 11.9 Å². The first-order valence-corrected chi connectivity index (χ1v) is 9.53. The molecule has 0 heterocycles. The van der Waals surface area contributed by atoms with Crippen LogP contribution >= 0.6 is 0 Å². The van der Waals surface area contributed by atoms with Crippen molar-refractivity contribution in [2.45, 2.75) is 39.9 Å². The summed E-state index contributed by atoms with van der Waals surface area (Å²) in [5, 5.41) is 26.5. The normalized spacial score (nSPS) is 8.97. The van der Waals surface area contributed by atoms with Crippen molar-refractivity contribution in [1.82, 2.24) is 5.43 Å². The van der Waals surface area contributed by atoms with Crippen LogP contribution in [-0.4, -0.2) is 34.7 Å². The first-order valence-electron chi connectivity index (χ1n) is 9.53. The summed E-state index contributed by atoms with van der Waals surface area (Å²) in [5.41, 5.74) is 13.0. The number of rotatable bonds is 6. The second kappa shape index (κ2) is 16.2. The van der Waals surface area contributed by atoms with Crippen LogP contribution in [0.25, 0.3) is 0 Å². The molecule has 34 heavy (non-hydrogen) atoms. The Morgan fingerprint density at radius 2 is 1.32 bits per heavy atom. The third kappa shape index (κ3) is 10.2. The van der Waals surface area contributed by atoms with Gasteiger partial charge in [-0.25, -0.2) is 21.7 Å². The van der Waals surface area contributed by atoms with Crippen LogP contribution in [-0.2, 0) is 0 Å². The van der Waals surface area contributed by atoms with Crippen molar-refractivity contribution in [2.24, 2.45) is 5.84 Å². The Morgan fingerprint density at radius 3 is 1.65 bits per heavy atom. The zero-order valence-corrected chi connectivity index (χ0v) is 19.2. The number of benzene rings is 2. The molecule has 0 bridgehead atoms. The fourth-order valence-electron chi connectivity index (χ4n) is 2.31. The zero-order chi connectivity index (χ0) is 25.6. The van der Waals surface area contributed by atoms with E-state index in [4.69, 9.17) is 42.0 Å². The van der Waals surface area contributed by atoms with E-state index in [1.807, 2.05) is 45.3 Å². The van der Waals surface area contributed by atoms with E-state index in [9.17, 15) is 9.59 Å². The number of nitrogens with one attached hydrogen (secondary N) is 3. The molecule has 12 heteroatoms. The summed E-state index contributed by atoms with van der Waals surface area (Å²) in [7, 11) is 0. The molecule has 12 nitrogen and oxygen atoms in total. The molecule has 184 valence electrons. The Hall–Kier alpha value is -4.52. The number of nitriles is 2. The average molecular weight is 475 g/mol. The zero-order valence-electron chi connectivity index (χ0n) is 19.2. The van der Waals surface area contributed by atoms with Crippen molar-refractivity contribution in [1.29, 1.82) is 21.6 Å². The van der Waals surface area contributed by atoms with E-state index in [0.29, 0.717) is 22.6 Å². The molecule has 2 aromatic rings. The van der Waals surface area contributed by atoms with Gasteiger partial charge in [-0.1, -0.05) is 0 Å². The molecular weight excluding hydrogens is 444 g/mol. The van der Waals surface area contributed by atoms with Gasteiger partial charge in [0.25, 0.3) is 5.91 Å². The minimum absolute atomic E-state index is 0. The number of nitrogen functional groups attached to an aromatic ring is 1. The maximum atomic E-state index is 11.2. The third-order valence-corrected chi connectivity index (χ3v) is 3.57. The van der Waals surface area contributed by atoms with Crippen molar-refractivity contribution in [3.8, 4) is 23.6 Å². The second-order valence-electron chi connectivity index (χ2n) is 6.76. The number of nitrogens with zero attached hydrogens (tertiary/aromatic N) is 2. The fraction of sp³-hybridized carbons (Fsp3) is 0.273. The highest BCUT2D eigenvalue weighted by Crippen LogP contribution is 2.21. The second-order valence-corrected chi connectivity index (χ2v) is 6.76. The SMILES string of the molecule is CC(C)Oc1ccc(C(=O)NN)cc1C#N.CC(C)Oc1ccc(C(=O)O)cc1C#N.N=N.O.[HH]. The van der Waals surface area contributed by atoms with Crippen LogP contribution in [0.3, 0.4) is 0 Å². The number of aromatic carboxylic acids is 1. The number of carboxylic acids is 1. The Bertz CT molecular complexity index is 1050. The van der Waals surface area contributed by atoms with Crippen molar-refractivity contribution in [3.05, 3.63) is 58.7 Å². The number of carbonyl (C=O) groups is 2. The molecule has 0 unspecified atom stereocenters. The Morgan fingerprint density at radius 1 is 0.941 bits per heavy atom. The molecule has 2 aromatic carbocycles. The molecule has 1 amide bonds. The van der Waals surface area contributed by atoms with Gasteiger partial charge in [0.15, 0.2) is 0 Å². The van der Waals surface area contributed by atoms with Crippen LogP contribution < -0.4 is 20.7 Å². The quantitative estimate of drug-likeness (QED) is 0.180. The summed E-state index contributed by atoms with van der Waals surface area (Å²) in [6.07, 6.45) is -0.0749. The lowest BCUT2D eigenvalue weighted by Gasteiger charge is -2.11. The summed E-state index contributed by atoms with van der Waals surface area (Å²) < 4.78 is 10.8. The highest BCUT2D eigenvalue weighted by molar-refractivity contribution is 5.94. The molecule has 0 saturated heterocycles. The number of hydrogen-bond donors (Lipinski definition) is 5. The number of nitrogens with two attached hydrogens (primary N) is 1. The minimum Gasteiger partial charge on any atom is -0.490 e. The van der Waals surface area contributed by atoms with Gasteiger partial charge in [0.05, 0.1) is 28.9 Å². The largest absolute Gasteiger partial charge is 0.490 e. The number of carboxylic acid groups (broad SMARTS) is 1. The van der Waals surface area contributed by atoms with E-state index in [1.54, 1.807) is 12.1 Å². The summed E-state index contributed by atoms with van der Waals surface area (Å²) >= 11 is 0. The van der Waals surface area contributed by atoms with Gasteiger partial charge in [0.1, 0.15) is 23.6 Å². The van der Waals surface area contributed by atoms with E-state index in [2.05, 4.69) is 0 Å². The molecule has 0 spiro atoms. The van der Waals surface area contributed by atoms with Gasteiger partial charge in [0, 0.05) is 6.99 Å². The Labute approximate surface area is 198 Å². The van der Waals surface area contributed by atoms with Gasteiger partial charge in [0.2, 0.25) is 0 Å². The fourth-order valence-corrected chi connectivity index (χ4v) is 2.31. The first kappa shape index (κ1) is 31.7. The number of hydrogen-bond acceptors (Lipinski definition) is 9. The maximum absolute atomic E-state index is 11.2. The van der Waals surface area contributed by atoms with E-state index in [-0.39, 0.29) is 30.2 Å². The van der Waals surface area contributed by atoms with Gasteiger partial charge in [-0.05, 0) is 64.1 Å². The average Bonchev–Trinajstić information content (AvgIpc) is 2.80. The molecular formula is C22H30N6O6. The van der Waals surface area contributed by atoms with Crippen LogP contribution in [0.2, 0.25) is 0 Å². The molecule has 2 rings (SSSR count). The van der Waals surface area contributed by atoms with Crippen LogP contribution in [0.15, 0.2) is 36.4 Å². The predicted octanol–water partition coefficient (Wildman–Crippen LogP) is 3.01. The van der Waals surface area contributed by atoms with E-state index in [0.717, 1.165) is 0 Å². The molecule has 0 aromatic heterocycles. The first-order chi connectivity index (χ1) is 15.6. The number of amides is 1. The summed E-state index contributed by atoms with van der Waals surface area (Å²) in [6.45, 7) is 7.40. The standard InChI is InChI=1S/C11H13N3O2.C11H11NO3.H2N2.H2O.H2/c1-7(2)16-10-4-3-8(11(15)14-13)5-9(10)6-12;1-7(2)15-10-4-3-8(11(13)14)5-9(10)6-12;1-2;;/h3-5,7H,13H2,1-2H3,(H,14,15);3-5,7H,1-2H3,(H,13,14);1-2H;1H2;1H. The topological polar surface area (TPSA) is 238 Å². The lowest BCUT2D eigenvalue weighted by atomic mass is 10.1. The molecule has 8 N–H and O–H groups in total. The molecule has 0 atom stereocenters. The molecule has 0 saturated carbocycles. The highest BCUT2D eigenvalue weighted by Gasteiger charge is 2.11. The van der Waals surface area contributed by atoms with E-state index >= 15 is 0 Å². The predicted molar refractivity (Wildman–Crippen MR) is 124 cm³/mol. The van der Waals surface area contributed by atoms with E-state index < -0.39 is 11.9 Å². The molecule has 0 aliphatic carbocycles. The van der Waals surface area contributed by atoms with Crippen LogP contribution in [0.4, 0.5) is 0 Å². The number of carbonyl (C=O) groups excluding carboxylic acids is 1. The van der Waals surface area contributed by atoms with Gasteiger partial charge >= 0.3 is 5.97 Å². The molecule has 0 fully saturated rings. The van der Waals surface area contributed by atoms with Crippen LogP contribution in [0.1, 0.15) is 61.0 Å². The smallest absolute Gasteiger partial charge is 0.335 e. The summed E-state index contributed by atoms with van der Waals surface area (Å²) in [5.74, 6) is 4.39. The number of hydrazine groups is 1. The number of ether oxygens (including phenoxy) is 2. The van der Waals surface area contributed by atoms with E-state index in [1.165, 1.54) is 24.3 Å². The molecule has 0 radical (unpaired) electrons. The van der Waals surface area contributed by atoms with Crippen molar-refractivity contribution in [2.75, 3.05) is 0 Å². The monoisotopic (exact) mass is 474 g/mol. The Balaban J connectivity index is -0.000000519. The van der Waals surface area contributed by atoms with Gasteiger partial charge in [-0.3, -0.25) is 10.2 Å². The molecule has 0 aliphatic rings. The minimum atomic E-state index is -1.05. The summed E-state index contributed by atoms with van der Waals surface area (Å²) in [4.78, 5) is 21.9. The van der Waals surface area contributed by atoms with Gasteiger partial charge in [-0.15, -0.1) is 0 Å². The van der Waals surface area contributed by atoms with Crippen molar-refractivity contribution in [3.63, 3.8) is 0 Å². The van der Waals surface area contributed by atoms with Gasteiger partial charge in [-0.2, -0.15) is 10.5 Å². The maximum Gasteiger partial charge on any atom is 0.335 e. The highest BCUT2D eigenvalue weighted by atomic mass is 16.5. The van der Waals surface area contributed by atoms with Crippen LogP contribution in [0, 0.1) is 33.7 Å².